The molecule has 0 aliphatic carbocycles. The number of hydrogen-bond acceptors (Lipinski definition) is 2. The molecule has 1 N–H and O–H groups in total. The molecule has 1 aromatic carbocycles. The van der Waals surface area contributed by atoms with Gasteiger partial charge in [0.05, 0.1) is 0 Å². The van der Waals surface area contributed by atoms with Crippen LogP contribution in [0.1, 0.15) is 38.2 Å². The molecule has 20 heavy (non-hydrogen) atoms. The van der Waals surface area contributed by atoms with Gasteiger partial charge in [-0.1, -0.05) is 24.9 Å². The maximum atomic E-state index is 13.4. The summed E-state index contributed by atoms with van der Waals surface area (Å²) in [7, 11) is 0. The molecule has 0 bridgehead atoms. The van der Waals surface area contributed by atoms with Crippen LogP contribution in [-0.4, -0.2) is 30.6 Å². The number of nitrogens with one attached hydrogen (secondary N) is 1. The van der Waals surface area contributed by atoms with Crippen LogP contribution in [0, 0.1) is 5.82 Å². The first-order chi connectivity index (χ1) is 9.69. The number of benzene rings is 1. The second-order valence-electron chi connectivity index (χ2n) is 5.62. The maximum absolute atomic E-state index is 13.4. The van der Waals surface area contributed by atoms with Crippen molar-refractivity contribution in [2.45, 2.75) is 45.2 Å². The molecule has 0 amide bonds. The molecule has 112 valence electrons. The van der Waals surface area contributed by atoms with Crippen LogP contribution < -0.4 is 5.32 Å². The summed E-state index contributed by atoms with van der Waals surface area (Å²) in [4.78, 5) is 2.38. The Hall–Kier alpha value is -0.640. The van der Waals surface area contributed by atoms with Gasteiger partial charge in [-0.25, -0.2) is 4.39 Å². The Morgan fingerprint density at radius 2 is 2.25 bits per heavy atom. The topological polar surface area (TPSA) is 15.3 Å². The Morgan fingerprint density at radius 3 is 2.95 bits per heavy atom. The monoisotopic (exact) mass is 298 g/mol. The van der Waals surface area contributed by atoms with E-state index < -0.39 is 0 Å². The summed E-state index contributed by atoms with van der Waals surface area (Å²) >= 11 is 6.17. The standard InChI is InChI=1S/C16H24ClFN2/c1-2-9-20(12-15-5-3-4-8-19-15)11-13-10-14(18)6-7-16(13)17/h6-7,10,15,19H,2-5,8-9,11-12H2,1H3. The molecule has 0 aromatic heterocycles. The summed E-state index contributed by atoms with van der Waals surface area (Å²) in [5.41, 5.74) is 0.885. The Kier molecular flexibility index (Phi) is 6.27. The van der Waals surface area contributed by atoms with Gasteiger partial charge in [0, 0.05) is 24.2 Å². The number of rotatable bonds is 6. The van der Waals surface area contributed by atoms with Crippen molar-refractivity contribution in [3.05, 3.63) is 34.6 Å². The second kappa shape index (κ2) is 7.96. The van der Waals surface area contributed by atoms with Gasteiger partial charge in [0.25, 0.3) is 0 Å². The molecule has 1 saturated heterocycles. The maximum Gasteiger partial charge on any atom is 0.123 e. The minimum atomic E-state index is -0.211. The van der Waals surface area contributed by atoms with E-state index in [-0.39, 0.29) is 5.82 Å². The van der Waals surface area contributed by atoms with Crippen LogP contribution >= 0.6 is 11.6 Å². The zero-order valence-corrected chi connectivity index (χ0v) is 12.9. The lowest BCUT2D eigenvalue weighted by Crippen LogP contribution is -2.43. The van der Waals surface area contributed by atoms with Gasteiger partial charge in [-0.05, 0) is 56.1 Å². The van der Waals surface area contributed by atoms with Gasteiger partial charge in [0.2, 0.25) is 0 Å². The molecule has 1 aliphatic heterocycles. The largest absolute Gasteiger partial charge is 0.313 e. The summed E-state index contributed by atoms with van der Waals surface area (Å²) in [6.07, 6.45) is 4.91. The molecule has 0 radical (unpaired) electrons. The molecule has 1 heterocycles. The molecule has 2 rings (SSSR count). The molecular formula is C16H24ClFN2. The van der Waals surface area contributed by atoms with Gasteiger partial charge in [-0.15, -0.1) is 0 Å². The predicted molar refractivity (Wildman–Crippen MR) is 82.6 cm³/mol. The number of halogens is 2. The highest BCUT2D eigenvalue weighted by Gasteiger charge is 2.17. The predicted octanol–water partition coefficient (Wildman–Crippen LogP) is 3.83. The van der Waals surface area contributed by atoms with E-state index in [4.69, 9.17) is 11.6 Å². The van der Waals surface area contributed by atoms with Gasteiger partial charge in [-0.3, -0.25) is 4.90 Å². The zero-order chi connectivity index (χ0) is 14.4. The van der Waals surface area contributed by atoms with E-state index in [1.54, 1.807) is 12.1 Å². The van der Waals surface area contributed by atoms with Crippen LogP contribution in [-0.2, 0) is 6.54 Å². The highest BCUT2D eigenvalue weighted by Crippen LogP contribution is 2.20. The van der Waals surface area contributed by atoms with Crippen molar-refractivity contribution in [3.8, 4) is 0 Å². The minimum absolute atomic E-state index is 0.211. The summed E-state index contributed by atoms with van der Waals surface area (Å²) in [5.74, 6) is -0.211. The van der Waals surface area contributed by atoms with Crippen LogP contribution in [0.3, 0.4) is 0 Å². The lowest BCUT2D eigenvalue weighted by molar-refractivity contribution is 0.217. The molecule has 1 unspecified atom stereocenters. The van der Waals surface area contributed by atoms with E-state index in [9.17, 15) is 4.39 Å². The first-order valence-corrected chi connectivity index (χ1v) is 7.96. The van der Waals surface area contributed by atoms with Crippen LogP contribution in [0.4, 0.5) is 4.39 Å². The molecule has 4 heteroatoms. The van der Waals surface area contributed by atoms with E-state index in [0.717, 1.165) is 38.2 Å². The smallest absolute Gasteiger partial charge is 0.123 e. The molecule has 0 saturated carbocycles. The van der Waals surface area contributed by atoms with Crippen molar-refractivity contribution in [2.24, 2.45) is 0 Å². The van der Waals surface area contributed by atoms with Crippen molar-refractivity contribution in [1.29, 1.82) is 0 Å². The first-order valence-electron chi connectivity index (χ1n) is 7.58. The molecule has 2 nitrogen and oxygen atoms in total. The number of nitrogens with zero attached hydrogens (tertiary/aromatic N) is 1. The van der Waals surface area contributed by atoms with Gasteiger partial charge >= 0.3 is 0 Å². The second-order valence-corrected chi connectivity index (χ2v) is 6.02. The van der Waals surface area contributed by atoms with Crippen LogP contribution in [0.2, 0.25) is 5.02 Å². The van der Waals surface area contributed by atoms with Gasteiger partial charge in [-0.2, -0.15) is 0 Å². The highest BCUT2D eigenvalue weighted by molar-refractivity contribution is 6.31. The van der Waals surface area contributed by atoms with Crippen LogP contribution in [0.25, 0.3) is 0 Å². The average molecular weight is 299 g/mol. The summed E-state index contributed by atoms with van der Waals surface area (Å²) in [5, 5.41) is 4.23. The van der Waals surface area contributed by atoms with Crippen molar-refractivity contribution in [3.63, 3.8) is 0 Å². The van der Waals surface area contributed by atoms with Crippen LogP contribution in [0.5, 0.6) is 0 Å². The summed E-state index contributed by atoms with van der Waals surface area (Å²) in [6, 6.07) is 5.18. The Labute approximate surface area is 126 Å². The fraction of sp³-hybridized carbons (Fsp3) is 0.625. The average Bonchev–Trinajstić information content (AvgIpc) is 2.44. The van der Waals surface area contributed by atoms with E-state index in [2.05, 4.69) is 17.1 Å². The Morgan fingerprint density at radius 1 is 1.40 bits per heavy atom. The van der Waals surface area contributed by atoms with Gasteiger partial charge in [0.1, 0.15) is 5.82 Å². The quantitative estimate of drug-likeness (QED) is 0.858. The van der Waals surface area contributed by atoms with E-state index in [1.165, 1.54) is 25.3 Å². The third-order valence-electron chi connectivity index (χ3n) is 3.83. The minimum Gasteiger partial charge on any atom is -0.313 e. The van der Waals surface area contributed by atoms with Gasteiger partial charge < -0.3 is 5.32 Å². The Bertz CT molecular complexity index is 419. The third-order valence-corrected chi connectivity index (χ3v) is 4.20. The number of hydrogen-bond donors (Lipinski definition) is 1. The fourth-order valence-corrected chi connectivity index (χ4v) is 3.03. The molecule has 1 atom stereocenters. The summed E-state index contributed by atoms with van der Waals surface area (Å²) in [6.45, 7) is 6.05. The van der Waals surface area contributed by atoms with E-state index in [1.807, 2.05) is 0 Å². The molecular weight excluding hydrogens is 275 g/mol. The lowest BCUT2D eigenvalue weighted by Gasteiger charge is -2.30. The lowest BCUT2D eigenvalue weighted by atomic mass is 10.0. The van der Waals surface area contributed by atoms with E-state index >= 15 is 0 Å². The van der Waals surface area contributed by atoms with Crippen molar-refractivity contribution in [1.82, 2.24) is 10.2 Å². The third kappa shape index (κ3) is 4.72. The SMILES string of the molecule is CCCN(Cc1cc(F)ccc1Cl)CC1CCCCN1. The van der Waals surface area contributed by atoms with E-state index in [0.29, 0.717) is 11.1 Å². The summed E-state index contributed by atoms with van der Waals surface area (Å²) < 4.78 is 13.4. The number of piperidine rings is 1. The van der Waals surface area contributed by atoms with Crippen LogP contribution in [0.15, 0.2) is 18.2 Å². The van der Waals surface area contributed by atoms with Gasteiger partial charge in [0.15, 0.2) is 0 Å². The molecule has 1 aliphatic rings. The molecule has 1 fully saturated rings. The fourth-order valence-electron chi connectivity index (χ4n) is 2.85. The highest BCUT2D eigenvalue weighted by atomic mass is 35.5. The molecule has 0 spiro atoms. The van der Waals surface area contributed by atoms with Crippen molar-refractivity contribution < 1.29 is 4.39 Å². The Balaban J connectivity index is 1.98. The van der Waals surface area contributed by atoms with Crippen molar-refractivity contribution in [2.75, 3.05) is 19.6 Å². The normalized spacial score (nSPS) is 19.5. The molecule has 1 aromatic rings. The first kappa shape index (κ1) is 15.7. The zero-order valence-electron chi connectivity index (χ0n) is 12.2. The van der Waals surface area contributed by atoms with Crippen molar-refractivity contribution >= 4 is 11.6 Å².